The van der Waals surface area contributed by atoms with Gasteiger partial charge in [0.1, 0.15) is 6.23 Å². The summed E-state index contributed by atoms with van der Waals surface area (Å²) in [6, 6.07) is 17.2. The van der Waals surface area contributed by atoms with Gasteiger partial charge in [-0.25, -0.2) is 0 Å². The van der Waals surface area contributed by atoms with Gasteiger partial charge < -0.3 is 10.0 Å². The minimum atomic E-state index is -0.414. The molecule has 3 heteroatoms. The van der Waals surface area contributed by atoms with Crippen LogP contribution in [0.2, 0.25) is 0 Å². The van der Waals surface area contributed by atoms with Crippen molar-refractivity contribution in [3.8, 4) is 0 Å². The second-order valence-electron chi connectivity index (χ2n) is 6.14. The predicted octanol–water partition coefficient (Wildman–Crippen LogP) is 3.19. The van der Waals surface area contributed by atoms with Crippen LogP contribution in [0.4, 0.5) is 11.4 Å². The molecule has 1 aliphatic heterocycles. The third-order valence-electron chi connectivity index (χ3n) is 4.44. The summed E-state index contributed by atoms with van der Waals surface area (Å²) in [6.07, 6.45) is 2.44. The second kappa shape index (κ2) is 6.51. The van der Waals surface area contributed by atoms with Crippen LogP contribution in [-0.2, 0) is 12.8 Å². The maximum Gasteiger partial charge on any atom is 0.108 e. The number of hydrogen-bond acceptors (Lipinski definition) is 3. The molecule has 1 N–H and O–H groups in total. The normalized spacial score (nSPS) is 15.2. The number of hydrogen-bond donors (Lipinski definition) is 1. The molecule has 1 aliphatic rings. The van der Waals surface area contributed by atoms with Crippen LogP contribution in [0.15, 0.2) is 48.5 Å². The van der Waals surface area contributed by atoms with Gasteiger partial charge in [-0.3, -0.25) is 4.90 Å². The lowest BCUT2D eigenvalue weighted by Gasteiger charge is -2.29. The van der Waals surface area contributed by atoms with E-state index in [1.807, 2.05) is 19.0 Å². The molecule has 0 spiro atoms. The molecule has 1 atom stereocenters. The molecule has 0 saturated carbocycles. The Labute approximate surface area is 132 Å². The topological polar surface area (TPSA) is 26.7 Å². The summed E-state index contributed by atoms with van der Waals surface area (Å²) in [7, 11) is 3.82. The van der Waals surface area contributed by atoms with E-state index in [0.29, 0.717) is 0 Å². The Morgan fingerprint density at radius 1 is 0.955 bits per heavy atom. The summed E-state index contributed by atoms with van der Waals surface area (Å²) >= 11 is 0. The molecule has 0 bridgehead atoms. The summed E-state index contributed by atoms with van der Waals surface area (Å²) in [6.45, 7) is 0.813. The van der Waals surface area contributed by atoms with Gasteiger partial charge in [0.2, 0.25) is 0 Å². The largest absolute Gasteiger partial charge is 0.378 e. The zero-order valence-corrected chi connectivity index (χ0v) is 13.4. The van der Waals surface area contributed by atoms with E-state index in [-0.39, 0.29) is 0 Å². The average Bonchev–Trinajstić information content (AvgIpc) is 2.69. The number of para-hydroxylation sites is 2. The summed E-state index contributed by atoms with van der Waals surface area (Å²) in [4.78, 5) is 4.22. The lowest BCUT2D eigenvalue weighted by atomic mass is 10.0. The fraction of sp³-hybridized carbons (Fsp3) is 0.368. The first-order valence-corrected chi connectivity index (χ1v) is 7.94. The van der Waals surface area contributed by atoms with Crippen LogP contribution in [0.1, 0.15) is 17.5 Å². The Hall–Kier alpha value is -1.84. The van der Waals surface area contributed by atoms with Crippen LogP contribution >= 0.6 is 0 Å². The number of anilines is 2. The third kappa shape index (κ3) is 3.01. The van der Waals surface area contributed by atoms with E-state index in [9.17, 15) is 5.11 Å². The van der Waals surface area contributed by atoms with E-state index in [1.54, 1.807) is 0 Å². The molecule has 0 saturated heterocycles. The first-order valence-electron chi connectivity index (χ1n) is 7.94. The Kier molecular flexibility index (Phi) is 4.46. The molecule has 3 rings (SSSR count). The van der Waals surface area contributed by atoms with Crippen LogP contribution in [0.3, 0.4) is 0 Å². The molecule has 0 radical (unpaired) electrons. The van der Waals surface area contributed by atoms with Gasteiger partial charge in [0.05, 0.1) is 0 Å². The molecule has 3 nitrogen and oxygen atoms in total. The SMILES string of the molecule is CN(C)C(O)CCN1c2ccccc2CCc2ccccc21. The van der Waals surface area contributed by atoms with Gasteiger partial charge in [-0.1, -0.05) is 36.4 Å². The van der Waals surface area contributed by atoms with Gasteiger partial charge in [0, 0.05) is 24.3 Å². The first-order chi connectivity index (χ1) is 10.7. The Bertz CT molecular complexity index is 591. The average molecular weight is 296 g/mol. The van der Waals surface area contributed by atoms with Crippen LogP contribution in [0.25, 0.3) is 0 Å². The maximum absolute atomic E-state index is 10.1. The van der Waals surface area contributed by atoms with Crippen molar-refractivity contribution >= 4 is 11.4 Å². The monoisotopic (exact) mass is 296 g/mol. The number of nitrogens with zero attached hydrogens (tertiary/aromatic N) is 2. The highest BCUT2D eigenvalue weighted by molar-refractivity contribution is 5.71. The molecule has 1 unspecified atom stereocenters. The number of fused-ring (bicyclic) bond motifs is 2. The predicted molar refractivity (Wildman–Crippen MR) is 91.6 cm³/mol. The molecule has 1 heterocycles. The number of benzene rings is 2. The standard InChI is InChI=1S/C19H24N2O/c1-20(2)19(22)13-14-21-17-9-5-3-7-15(17)11-12-16-8-4-6-10-18(16)21/h3-10,19,22H,11-14H2,1-2H3. The highest BCUT2D eigenvalue weighted by atomic mass is 16.3. The van der Waals surface area contributed by atoms with Gasteiger partial charge in [-0.2, -0.15) is 0 Å². The lowest BCUT2D eigenvalue weighted by Crippen LogP contribution is -2.32. The lowest BCUT2D eigenvalue weighted by molar-refractivity contribution is 0.0356. The van der Waals surface area contributed by atoms with Gasteiger partial charge in [0.15, 0.2) is 0 Å². The van der Waals surface area contributed by atoms with Gasteiger partial charge in [-0.15, -0.1) is 0 Å². The smallest absolute Gasteiger partial charge is 0.108 e. The quantitative estimate of drug-likeness (QED) is 0.878. The van der Waals surface area contributed by atoms with Crippen LogP contribution in [0.5, 0.6) is 0 Å². The zero-order valence-electron chi connectivity index (χ0n) is 13.4. The molecule has 2 aromatic rings. The minimum Gasteiger partial charge on any atom is -0.378 e. The molecule has 0 amide bonds. The highest BCUT2D eigenvalue weighted by Crippen LogP contribution is 2.35. The van der Waals surface area contributed by atoms with E-state index in [4.69, 9.17) is 0 Å². The number of rotatable bonds is 4. The Morgan fingerprint density at radius 2 is 1.45 bits per heavy atom. The summed E-state index contributed by atoms with van der Waals surface area (Å²) in [5, 5.41) is 10.1. The van der Waals surface area contributed by atoms with Crippen molar-refractivity contribution in [3.05, 3.63) is 59.7 Å². The molecule has 0 aromatic heterocycles. The van der Waals surface area contributed by atoms with Gasteiger partial charge >= 0.3 is 0 Å². The third-order valence-corrected chi connectivity index (χ3v) is 4.44. The van der Waals surface area contributed by atoms with Crippen LogP contribution < -0.4 is 4.90 Å². The molecular formula is C19H24N2O. The highest BCUT2D eigenvalue weighted by Gasteiger charge is 2.20. The fourth-order valence-corrected chi connectivity index (χ4v) is 3.11. The van der Waals surface area contributed by atoms with Gasteiger partial charge in [0.25, 0.3) is 0 Å². The minimum absolute atomic E-state index is 0.414. The van der Waals surface area contributed by atoms with Crippen molar-refractivity contribution in [3.63, 3.8) is 0 Å². The van der Waals surface area contributed by atoms with Crippen LogP contribution in [0, 0.1) is 0 Å². The van der Waals surface area contributed by atoms with Crippen molar-refractivity contribution in [1.82, 2.24) is 4.90 Å². The summed E-state index contributed by atoms with van der Waals surface area (Å²) in [5.41, 5.74) is 5.33. The van der Waals surface area contributed by atoms with Crippen molar-refractivity contribution in [2.75, 3.05) is 25.5 Å². The maximum atomic E-state index is 10.1. The van der Waals surface area contributed by atoms with Crippen molar-refractivity contribution in [1.29, 1.82) is 0 Å². The fourth-order valence-electron chi connectivity index (χ4n) is 3.11. The van der Waals surface area contributed by atoms with E-state index in [0.717, 1.165) is 25.8 Å². The zero-order chi connectivity index (χ0) is 15.5. The molecule has 0 fully saturated rings. The number of aliphatic hydroxyl groups excluding tert-OH is 1. The van der Waals surface area contributed by atoms with Crippen LogP contribution in [-0.4, -0.2) is 36.9 Å². The van der Waals surface area contributed by atoms with Crippen molar-refractivity contribution < 1.29 is 5.11 Å². The Morgan fingerprint density at radius 3 is 1.95 bits per heavy atom. The number of aryl methyl sites for hydroxylation is 2. The van der Waals surface area contributed by atoms with E-state index in [1.165, 1.54) is 22.5 Å². The molecule has 0 aliphatic carbocycles. The summed E-state index contributed by atoms with van der Waals surface area (Å²) < 4.78 is 0. The van der Waals surface area contributed by atoms with Crippen molar-refractivity contribution in [2.24, 2.45) is 0 Å². The van der Waals surface area contributed by atoms with E-state index < -0.39 is 6.23 Å². The van der Waals surface area contributed by atoms with Gasteiger partial charge in [-0.05, 0) is 50.2 Å². The molecule has 116 valence electrons. The molecular weight excluding hydrogens is 272 g/mol. The van der Waals surface area contributed by atoms with E-state index >= 15 is 0 Å². The summed E-state index contributed by atoms with van der Waals surface area (Å²) in [5.74, 6) is 0. The molecule has 2 aromatic carbocycles. The molecule has 22 heavy (non-hydrogen) atoms. The Balaban J connectivity index is 1.95. The first kappa shape index (κ1) is 15.1. The second-order valence-corrected chi connectivity index (χ2v) is 6.14. The van der Waals surface area contributed by atoms with E-state index in [2.05, 4.69) is 53.4 Å². The number of aliphatic hydroxyl groups is 1. The van der Waals surface area contributed by atoms with Crippen molar-refractivity contribution in [2.45, 2.75) is 25.5 Å².